The van der Waals surface area contributed by atoms with E-state index < -0.39 is 0 Å². The van der Waals surface area contributed by atoms with Crippen molar-refractivity contribution in [2.45, 2.75) is 26.7 Å². The van der Waals surface area contributed by atoms with Gasteiger partial charge in [0, 0.05) is 12.1 Å². The van der Waals surface area contributed by atoms with Crippen LogP contribution in [-0.2, 0) is 4.79 Å². The van der Waals surface area contributed by atoms with Crippen LogP contribution in [0.25, 0.3) is 0 Å². The molecular weight excluding hydrogens is 278 g/mol. The zero-order valence-electron chi connectivity index (χ0n) is 12.9. The Bertz CT molecular complexity index is 594. The molecule has 2 rings (SSSR count). The van der Waals surface area contributed by atoms with E-state index in [1.165, 1.54) is 0 Å². The van der Waals surface area contributed by atoms with Crippen molar-refractivity contribution in [2.75, 3.05) is 17.2 Å². The van der Waals surface area contributed by atoms with Gasteiger partial charge in [0.25, 0.3) is 0 Å². The van der Waals surface area contributed by atoms with E-state index in [-0.39, 0.29) is 5.91 Å². The van der Waals surface area contributed by atoms with Crippen LogP contribution in [0.4, 0.5) is 17.2 Å². The maximum Gasteiger partial charge on any atom is 0.224 e. The van der Waals surface area contributed by atoms with Crippen LogP contribution in [0.15, 0.2) is 42.6 Å². The van der Waals surface area contributed by atoms with Crippen molar-refractivity contribution in [1.82, 2.24) is 4.98 Å². The number of hydrogen-bond acceptors (Lipinski definition) is 4. The lowest BCUT2D eigenvalue weighted by Crippen LogP contribution is -2.10. The Morgan fingerprint density at radius 1 is 1.09 bits per heavy atom. The van der Waals surface area contributed by atoms with Crippen LogP contribution < -0.4 is 15.4 Å². The van der Waals surface area contributed by atoms with Gasteiger partial charge in [0.05, 0.1) is 18.5 Å². The average Bonchev–Trinajstić information content (AvgIpc) is 2.52. The molecule has 1 heterocycles. The predicted molar refractivity (Wildman–Crippen MR) is 88.7 cm³/mol. The zero-order valence-corrected chi connectivity index (χ0v) is 12.9. The third-order valence-electron chi connectivity index (χ3n) is 2.96. The molecule has 5 nitrogen and oxygen atoms in total. The van der Waals surface area contributed by atoms with Gasteiger partial charge in [-0.15, -0.1) is 0 Å². The lowest BCUT2D eigenvalue weighted by molar-refractivity contribution is -0.116. The first-order valence-electron chi connectivity index (χ1n) is 7.47. The number of anilines is 3. The molecule has 0 spiro atoms. The number of benzene rings is 1. The maximum atomic E-state index is 11.5. The van der Waals surface area contributed by atoms with Crippen molar-refractivity contribution >= 4 is 23.1 Å². The first-order valence-corrected chi connectivity index (χ1v) is 7.47. The molecule has 0 aliphatic heterocycles. The minimum Gasteiger partial charge on any atom is -0.494 e. The fourth-order valence-electron chi connectivity index (χ4n) is 1.94. The first-order chi connectivity index (χ1) is 10.7. The Kier molecular flexibility index (Phi) is 5.77. The number of rotatable bonds is 7. The number of hydrogen-bond donors (Lipinski definition) is 2. The van der Waals surface area contributed by atoms with Crippen LogP contribution in [0.1, 0.15) is 26.7 Å². The van der Waals surface area contributed by atoms with Gasteiger partial charge >= 0.3 is 0 Å². The molecule has 0 aliphatic carbocycles. The molecule has 0 bridgehead atoms. The number of amides is 1. The van der Waals surface area contributed by atoms with Crippen molar-refractivity contribution in [3.8, 4) is 5.75 Å². The molecule has 0 saturated carbocycles. The van der Waals surface area contributed by atoms with Gasteiger partial charge in [0.2, 0.25) is 5.91 Å². The van der Waals surface area contributed by atoms with E-state index in [2.05, 4.69) is 15.6 Å². The molecular formula is C17H21N3O2. The van der Waals surface area contributed by atoms with Crippen LogP contribution in [0.2, 0.25) is 0 Å². The highest BCUT2D eigenvalue weighted by Gasteiger charge is 2.02. The standard InChI is InChI=1S/C17H21N3O2/c1-3-5-17(21)20-14-8-11-16(18-12-14)19-13-6-9-15(10-7-13)22-4-2/h6-12H,3-5H2,1-2H3,(H,18,19)(H,20,21). The molecule has 5 heteroatoms. The van der Waals surface area contributed by atoms with Crippen LogP contribution in [0.3, 0.4) is 0 Å². The topological polar surface area (TPSA) is 63.2 Å². The van der Waals surface area contributed by atoms with E-state index in [0.717, 1.165) is 23.7 Å². The average molecular weight is 299 g/mol. The number of pyridine rings is 1. The highest BCUT2D eigenvalue weighted by Crippen LogP contribution is 2.19. The largest absolute Gasteiger partial charge is 0.494 e. The first kappa shape index (κ1) is 15.8. The Balaban J connectivity index is 1.94. The summed E-state index contributed by atoms with van der Waals surface area (Å²) < 4.78 is 5.40. The Hall–Kier alpha value is -2.56. The van der Waals surface area contributed by atoms with Gasteiger partial charge in [-0.2, -0.15) is 0 Å². The molecule has 116 valence electrons. The normalized spacial score (nSPS) is 10.1. The predicted octanol–water partition coefficient (Wildman–Crippen LogP) is 3.96. The van der Waals surface area contributed by atoms with Crippen molar-refractivity contribution < 1.29 is 9.53 Å². The molecule has 0 saturated heterocycles. The van der Waals surface area contributed by atoms with E-state index in [9.17, 15) is 4.79 Å². The van der Waals surface area contributed by atoms with Crippen molar-refractivity contribution in [2.24, 2.45) is 0 Å². The lowest BCUT2D eigenvalue weighted by atomic mass is 10.3. The molecule has 22 heavy (non-hydrogen) atoms. The Morgan fingerprint density at radius 2 is 1.82 bits per heavy atom. The number of ether oxygens (including phenoxy) is 1. The SMILES string of the molecule is CCCC(=O)Nc1ccc(Nc2ccc(OCC)cc2)nc1. The zero-order chi connectivity index (χ0) is 15.8. The number of carbonyl (C=O) groups excluding carboxylic acids is 1. The number of nitrogens with one attached hydrogen (secondary N) is 2. The second-order valence-corrected chi connectivity index (χ2v) is 4.81. The lowest BCUT2D eigenvalue weighted by Gasteiger charge is -2.08. The molecule has 0 atom stereocenters. The summed E-state index contributed by atoms with van der Waals surface area (Å²) in [6.07, 6.45) is 2.99. The van der Waals surface area contributed by atoms with E-state index in [0.29, 0.717) is 18.7 Å². The van der Waals surface area contributed by atoms with Crippen molar-refractivity contribution in [3.05, 3.63) is 42.6 Å². The third-order valence-corrected chi connectivity index (χ3v) is 2.96. The smallest absolute Gasteiger partial charge is 0.224 e. The van der Waals surface area contributed by atoms with Gasteiger partial charge in [-0.25, -0.2) is 4.98 Å². The minimum absolute atomic E-state index is 0.0107. The monoisotopic (exact) mass is 299 g/mol. The van der Waals surface area contributed by atoms with Gasteiger partial charge in [-0.3, -0.25) is 4.79 Å². The molecule has 0 radical (unpaired) electrons. The van der Waals surface area contributed by atoms with Gasteiger partial charge in [-0.1, -0.05) is 6.92 Å². The number of nitrogens with zero attached hydrogens (tertiary/aromatic N) is 1. The summed E-state index contributed by atoms with van der Waals surface area (Å²) in [6.45, 7) is 4.58. The summed E-state index contributed by atoms with van der Waals surface area (Å²) in [5.41, 5.74) is 1.63. The van der Waals surface area contributed by atoms with Gasteiger partial charge < -0.3 is 15.4 Å². The van der Waals surface area contributed by atoms with Crippen LogP contribution >= 0.6 is 0 Å². The molecule has 0 fully saturated rings. The molecule has 1 aromatic carbocycles. The molecule has 2 aromatic rings. The van der Waals surface area contributed by atoms with Crippen LogP contribution in [0.5, 0.6) is 5.75 Å². The summed E-state index contributed by atoms with van der Waals surface area (Å²) in [5, 5.41) is 6.01. The Labute approximate surface area is 130 Å². The van der Waals surface area contributed by atoms with Crippen molar-refractivity contribution in [3.63, 3.8) is 0 Å². The van der Waals surface area contributed by atoms with E-state index in [1.807, 2.05) is 50.2 Å². The third kappa shape index (κ3) is 4.77. The van der Waals surface area contributed by atoms with Gasteiger partial charge in [-0.05, 0) is 49.7 Å². The van der Waals surface area contributed by atoms with Gasteiger partial charge in [0.15, 0.2) is 0 Å². The molecule has 0 unspecified atom stereocenters. The summed E-state index contributed by atoms with van der Waals surface area (Å²) in [5.74, 6) is 1.57. The maximum absolute atomic E-state index is 11.5. The second kappa shape index (κ2) is 8.02. The molecule has 2 N–H and O–H groups in total. The minimum atomic E-state index is 0.0107. The number of carbonyl (C=O) groups is 1. The van der Waals surface area contributed by atoms with E-state index in [1.54, 1.807) is 6.20 Å². The Morgan fingerprint density at radius 3 is 2.41 bits per heavy atom. The molecule has 0 aliphatic rings. The summed E-state index contributed by atoms with van der Waals surface area (Å²) in [7, 11) is 0. The van der Waals surface area contributed by atoms with Crippen LogP contribution in [0, 0.1) is 0 Å². The highest BCUT2D eigenvalue weighted by molar-refractivity contribution is 5.90. The quantitative estimate of drug-likeness (QED) is 0.812. The van der Waals surface area contributed by atoms with Gasteiger partial charge in [0.1, 0.15) is 11.6 Å². The fraction of sp³-hybridized carbons (Fsp3) is 0.294. The highest BCUT2D eigenvalue weighted by atomic mass is 16.5. The summed E-state index contributed by atoms with van der Waals surface area (Å²) >= 11 is 0. The second-order valence-electron chi connectivity index (χ2n) is 4.81. The van der Waals surface area contributed by atoms with Crippen molar-refractivity contribution in [1.29, 1.82) is 0 Å². The van der Waals surface area contributed by atoms with E-state index in [4.69, 9.17) is 4.74 Å². The fourth-order valence-corrected chi connectivity index (χ4v) is 1.94. The molecule has 1 aromatic heterocycles. The number of aromatic nitrogens is 1. The van der Waals surface area contributed by atoms with E-state index >= 15 is 0 Å². The summed E-state index contributed by atoms with van der Waals surface area (Å²) in [4.78, 5) is 15.8. The molecule has 1 amide bonds. The van der Waals surface area contributed by atoms with Crippen LogP contribution in [-0.4, -0.2) is 17.5 Å². The summed E-state index contributed by atoms with van der Waals surface area (Å²) in [6, 6.07) is 11.3.